The maximum absolute atomic E-state index is 12.9. The van der Waals surface area contributed by atoms with Gasteiger partial charge in [0, 0.05) is 42.4 Å². The van der Waals surface area contributed by atoms with E-state index in [1.54, 1.807) is 6.07 Å². The molecule has 3 heterocycles. The number of aromatic nitrogens is 2. The lowest BCUT2D eigenvalue weighted by atomic mass is 9.72. The molecule has 2 fully saturated rings. The Bertz CT molecular complexity index is 847. The van der Waals surface area contributed by atoms with Crippen LogP contribution in [0.25, 0.3) is 0 Å². The lowest BCUT2D eigenvalue weighted by Crippen LogP contribution is -2.38. The predicted molar refractivity (Wildman–Crippen MR) is 101 cm³/mol. The molecule has 2 saturated heterocycles. The fourth-order valence-electron chi connectivity index (χ4n) is 4.16. The lowest BCUT2D eigenvalue weighted by molar-refractivity contribution is 0.00959. The molecule has 0 bridgehead atoms. The van der Waals surface area contributed by atoms with Crippen molar-refractivity contribution in [2.45, 2.75) is 32.6 Å². The molecule has 2 aliphatic rings. The molecule has 7 nitrogen and oxygen atoms in total. The Balaban J connectivity index is 1.56. The largest absolute Gasteiger partial charge is 0.381 e. The van der Waals surface area contributed by atoms with Crippen LogP contribution in [-0.2, 0) is 4.74 Å². The third-order valence-electron chi connectivity index (χ3n) is 5.70. The van der Waals surface area contributed by atoms with E-state index in [4.69, 9.17) is 20.9 Å². The highest BCUT2D eigenvalue weighted by atomic mass is 35.5. The number of hydrogen-bond donors (Lipinski definition) is 1. The maximum atomic E-state index is 12.9. The van der Waals surface area contributed by atoms with Crippen LogP contribution in [0.15, 0.2) is 22.7 Å². The van der Waals surface area contributed by atoms with Crippen molar-refractivity contribution < 1.29 is 14.1 Å². The van der Waals surface area contributed by atoms with Crippen molar-refractivity contribution in [3.05, 3.63) is 40.5 Å². The van der Waals surface area contributed by atoms with Crippen LogP contribution in [0, 0.1) is 19.3 Å². The van der Waals surface area contributed by atoms with Gasteiger partial charge in [-0.25, -0.2) is 4.79 Å². The van der Waals surface area contributed by atoms with E-state index in [2.05, 4.69) is 15.5 Å². The average Bonchev–Trinajstić information content (AvgIpc) is 3.22. The van der Waals surface area contributed by atoms with Crippen LogP contribution in [0.2, 0.25) is 5.02 Å². The number of carbonyl (C=O) groups is 1. The van der Waals surface area contributed by atoms with Crippen LogP contribution in [0.1, 0.15) is 36.0 Å². The van der Waals surface area contributed by atoms with Crippen molar-refractivity contribution in [2.75, 3.05) is 31.6 Å². The number of nitrogens with one attached hydrogen (secondary N) is 1. The second-order valence-electron chi connectivity index (χ2n) is 7.48. The number of aryl methyl sites for hydroxylation is 2. The molecular formula is C19H23ClN4O3. The Labute approximate surface area is 163 Å². The summed E-state index contributed by atoms with van der Waals surface area (Å²) in [5.41, 5.74) is 1.62. The molecule has 2 aromatic rings. The molecule has 1 aromatic carbocycles. The minimum absolute atomic E-state index is 0.0275. The summed E-state index contributed by atoms with van der Waals surface area (Å²) in [4.78, 5) is 19.2. The monoisotopic (exact) mass is 390 g/mol. The highest BCUT2D eigenvalue weighted by Crippen LogP contribution is 2.49. The first kappa shape index (κ1) is 18.3. The molecule has 1 aromatic heterocycles. The number of halogens is 1. The van der Waals surface area contributed by atoms with Crippen LogP contribution < -0.4 is 5.32 Å². The third-order valence-corrected chi connectivity index (χ3v) is 5.93. The zero-order chi connectivity index (χ0) is 19.0. The van der Waals surface area contributed by atoms with Gasteiger partial charge in [0.15, 0.2) is 5.82 Å². The molecule has 0 aliphatic carbocycles. The summed E-state index contributed by atoms with van der Waals surface area (Å²) in [5.74, 6) is 1.26. The highest BCUT2D eigenvalue weighted by molar-refractivity contribution is 6.30. The smallest absolute Gasteiger partial charge is 0.321 e. The molecule has 0 saturated carbocycles. The van der Waals surface area contributed by atoms with E-state index < -0.39 is 0 Å². The van der Waals surface area contributed by atoms with Crippen molar-refractivity contribution in [3.63, 3.8) is 0 Å². The van der Waals surface area contributed by atoms with Gasteiger partial charge in [0.05, 0.1) is 5.92 Å². The summed E-state index contributed by atoms with van der Waals surface area (Å²) in [6, 6.07) is 5.32. The molecule has 2 amide bonds. The first-order valence-corrected chi connectivity index (χ1v) is 9.55. The third kappa shape index (κ3) is 3.53. The first-order valence-electron chi connectivity index (χ1n) is 9.17. The molecule has 27 heavy (non-hydrogen) atoms. The highest BCUT2D eigenvalue weighted by Gasteiger charge is 2.51. The second-order valence-corrected chi connectivity index (χ2v) is 7.91. The summed E-state index contributed by atoms with van der Waals surface area (Å²) in [6.07, 6.45) is 1.76. The van der Waals surface area contributed by atoms with Crippen LogP contribution in [0.4, 0.5) is 10.5 Å². The van der Waals surface area contributed by atoms with Gasteiger partial charge in [0.1, 0.15) is 0 Å². The summed E-state index contributed by atoms with van der Waals surface area (Å²) >= 11 is 6.01. The van der Waals surface area contributed by atoms with Crippen LogP contribution in [-0.4, -0.2) is 47.4 Å². The number of amides is 2. The van der Waals surface area contributed by atoms with E-state index in [0.29, 0.717) is 43.0 Å². The van der Waals surface area contributed by atoms with Crippen molar-refractivity contribution >= 4 is 23.3 Å². The molecule has 0 unspecified atom stereocenters. The number of hydrogen-bond acceptors (Lipinski definition) is 5. The summed E-state index contributed by atoms with van der Waals surface area (Å²) in [5, 5.41) is 7.61. The number of carbonyl (C=O) groups excluding carboxylic acids is 1. The standard InChI is InChI=1S/C19H23ClN4O3/c1-12-9-14(20)3-4-16(12)22-18(25)24-10-15(17-21-13(2)23-27-17)19(11-24)5-7-26-8-6-19/h3-4,9,15H,5-8,10-11H2,1-2H3,(H,22,25)/t15-/m1/s1. The summed E-state index contributed by atoms with van der Waals surface area (Å²) < 4.78 is 11.0. The van der Waals surface area contributed by atoms with E-state index in [9.17, 15) is 4.79 Å². The number of ether oxygens (including phenoxy) is 1. The van der Waals surface area contributed by atoms with E-state index in [0.717, 1.165) is 24.1 Å². The fraction of sp³-hybridized carbons (Fsp3) is 0.526. The molecule has 1 atom stereocenters. The molecule has 4 rings (SSSR count). The van der Waals surface area contributed by atoms with Crippen molar-refractivity contribution in [3.8, 4) is 0 Å². The van der Waals surface area contributed by atoms with Crippen LogP contribution in [0.3, 0.4) is 0 Å². The minimum Gasteiger partial charge on any atom is -0.381 e. The Morgan fingerprint density at radius 2 is 2.11 bits per heavy atom. The molecule has 8 heteroatoms. The van der Waals surface area contributed by atoms with E-state index in [-0.39, 0.29) is 17.4 Å². The van der Waals surface area contributed by atoms with Gasteiger partial charge >= 0.3 is 6.03 Å². The zero-order valence-corrected chi connectivity index (χ0v) is 16.3. The van der Waals surface area contributed by atoms with Gasteiger partial charge in [0.2, 0.25) is 5.89 Å². The van der Waals surface area contributed by atoms with Crippen LogP contribution in [0.5, 0.6) is 0 Å². The second kappa shape index (κ2) is 7.13. The van der Waals surface area contributed by atoms with Gasteiger partial charge in [-0.05, 0) is 50.5 Å². The van der Waals surface area contributed by atoms with Gasteiger partial charge in [-0.15, -0.1) is 0 Å². The van der Waals surface area contributed by atoms with E-state index in [1.165, 1.54) is 0 Å². The summed E-state index contributed by atoms with van der Waals surface area (Å²) in [7, 11) is 0. The normalized spacial score (nSPS) is 21.6. The Morgan fingerprint density at radius 1 is 1.33 bits per heavy atom. The first-order chi connectivity index (χ1) is 13.0. The van der Waals surface area contributed by atoms with Crippen molar-refractivity contribution in [1.29, 1.82) is 0 Å². The molecule has 2 aliphatic heterocycles. The lowest BCUT2D eigenvalue weighted by Gasteiger charge is -2.36. The number of anilines is 1. The van der Waals surface area contributed by atoms with Crippen molar-refractivity contribution in [2.24, 2.45) is 5.41 Å². The van der Waals surface area contributed by atoms with E-state index in [1.807, 2.05) is 30.9 Å². The number of urea groups is 1. The molecule has 144 valence electrons. The molecule has 1 N–H and O–H groups in total. The van der Waals surface area contributed by atoms with Gasteiger partial charge < -0.3 is 19.5 Å². The molecule has 0 radical (unpaired) electrons. The zero-order valence-electron chi connectivity index (χ0n) is 15.5. The van der Waals surface area contributed by atoms with Gasteiger partial charge in [0.25, 0.3) is 0 Å². The van der Waals surface area contributed by atoms with Gasteiger partial charge in [-0.2, -0.15) is 4.98 Å². The fourth-order valence-corrected chi connectivity index (χ4v) is 4.39. The van der Waals surface area contributed by atoms with E-state index >= 15 is 0 Å². The number of rotatable bonds is 2. The number of benzene rings is 1. The van der Waals surface area contributed by atoms with Crippen LogP contribution >= 0.6 is 11.6 Å². The minimum atomic E-state index is -0.120. The predicted octanol–water partition coefficient (Wildman–Crippen LogP) is 3.77. The quantitative estimate of drug-likeness (QED) is 0.844. The summed E-state index contributed by atoms with van der Waals surface area (Å²) in [6.45, 7) is 6.33. The average molecular weight is 391 g/mol. The Morgan fingerprint density at radius 3 is 2.78 bits per heavy atom. The van der Waals surface area contributed by atoms with Gasteiger partial charge in [-0.1, -0.05) is 16.8 Å². The number of nitrogens with zero attached hydrogens (tertiary/aromatic N) is 3. The maximum Gasteiger partial charge on any atom is 0.321 e. The number of likely N-dealkylation sites (tertiary alicyclic amines) is 1. The Kier molecular flexibility index (Phi) is 4.82. The topological polar surface area (TPSA) is 80.5 Å². The Hall–Kier alpha value is -2.12. The SMILES string of the molecule is Cc1noc([C@H]2CN(C(=O)Nc3ccc(Cl)cc3C)CC23CCOCC3)n1. The van der Waals surface area contributed by atoms with Crippen molar-refractivity contribution in [1.82, 2.24) is 15.0 Å². The molecule has 1 spiro atoms. The molecular weight excluding hydrogens is 368 g/mol. The van der Waals surface area contributed by atoms with Gasteiger partial charge in [-0.3, -0.25) is 0 Å².